The van der Waals surface area contributed by atoms with Crippen LogP contribution in [0, 0.1) is 0 Å². The van der Waals surface area contributed by atoms with E-state index in [4.69, 9.17) is 0 Å². The number of amides is 1. The first kappa shape index (κ1) is 13.9. The summed E-state index contributed by atoms with van der Waals surface area (Å²) in [6.45, 7) is 2.49. The molecule has 2 saturated heterocycles. The second kappa shape index (κ2) is 5.71. The number of rotatable bonds is 3. The first-order valence-corrected chi connectivity index (χ1v) is 7.41. The summed E-state index contributed by atoms with van der Waals surface area (Å²) in [5, 5.41) is 9.18. The first-order chi connectivity index (χ1) is 10.2. The largest absolute Gasteiger partial charge is 0.480 e. The van der Waals surface area contributed by atoms with Gasteiger partial charge in [-0.05, 0) is 37.8 Å². The van der Waals surface area contributed by atoms with Gasteiger partial charge in [0.15, 0.2) is 0 Å². The summed E-state index contributed by atoms with van der Waals surface area (Å²) in [4.78, 5) is 31.5. The maximum atomic E-state index is 12.5. The number of aromatic nitrogens is 1. The highest BCUT2D eigenvalue weighted by Crippen LogP contribution is 2.23. The molecule has 2 fully saturated rings. The lowest BCUT2D eigenvalue weighted by atomic mass is 10.2. The average Bonchev–Trinajstić information content (AvgIpc) is 3.17. The predicted molar refractivity (Wildman–Crippen MR) is 77.4 cm³/mol. The number of hydrogen-bond donors (Lipinski definition) is 1. The predicted octanol–water partition coefficient (Wildman–Crippen LogP) is 1.37. The number of carbonyl (C=O) groups excluding carboxylic acids is 1. The van der Waals surface area contributed by atoms with Crippen molar-refractivity contribution >= 4 is 17.6 Å². The summed E-state index contributed by atoms with van der Waals surface area (Å²) in [6.07, 6.45) is 5.21. The Balaban J connectivity index is 1.81. The van der Waals surface area contributed by atoms with Crippen molar-refractivity contribution < 1.29 is 14.7 Å². The van der Waals surface area contributed by atoms with Gasteiger partial charge in [-0.25, -0.2) is 4.79 Å². The zero-order chi connectivity index (χ0) is 14.8. The zero-order valence-electron chi connectivity index (χ0n) is 11.9. The van der Waals surface area contributed by atoms with Crippen LogP contribution in [0.15, 0.2) is 18.3 Å². The van der Waals surface area contributed by atoms with Crippen LogP contribution in [0.2, 0.25) is 0 Å². The van der Waals surface area contributed by atoms with Crippen molar-refractivity contribution in [2.75, 3.05) is 24.5 Å². The highest BCUT2D eigenvalue weighted by Gasteiger charge is 2.35. The number of pyridine rings is 1. The summed E-state index contributed by atoms with van der Waals surface area (Å²) < 4.78 is 0. The van der Waals surface area contributed by atoms with Crippen molar-refractivity contribution in [3.63, 3.8) is 0 Å². The second-order valence-corrected chi connectivity index (χ2v) is 5.59. The lowest BCUT2D eigenvalue weighted by molar-refractivity contribution is -0.141. The molecule has 1 aromatic rings. The number of aliphatic carboxylic acids is 1. The van der Waals surface area contributed by atoms with Crippen LogP contribution in [0.1, 0.15) is 36.2 Å². The SMILES string of the molecule is O=C(O)[C@H]1CCCN1C(=O)c1cc(N2CCCC2)ccn1. The highest BCUT2D eigenvalue weighted by molar-refractivity contribution is 5.96. The molecule has 1 atom stereocenters. The molecule has 1 amide bonds. The van der Waals surface area contributed by atoms with Gasteiger partial charge in [0.05, 0.1) is 0 Å². The van der Waals surface area contributed by atoms with Crippen LogP contribution in [0.5, 0.6) is 0 Å². The quantitative estimate of drug-likeness (QED) is 0.909. The maximum Gasteiger partial charge on any atom is 0.326 e. The summed E-state index contributed by atoms with van der Waals surface area (Å²) in [5.41, 5.74) is 1.34. The van der Waals surface area contributed by atoms with E-state index >= 15 is 0 Å². The van der Waals surface area contributed by atoms with E-state index in [1.807, 2.05) is 6.07 Å². The molecule has 3 heterocycles. The third kappa shape index (κ3) is 2.70. The lowest BCUT2D eigenvalue weighted by Crippen LogP contribution is -2.40. The molecule has 1 aromatic heterocycles. The van der Waals surface area contributed by atoms with E-state index in [-0.39, 0.29) is 5.91 Å². The Kier molecular flexibility index (Phi) is 3.77. The molecule has 0 bridgehead atoms. The van der Waals surface area contributed by atoms with Crippen LogP contribution >= 0.6 is 0 Å². The van der Waals surface area contributed by atoms with E-state index in [9.17, 15) is 14.7 Å². The molecular formula is C15H19N3O3. The summed E-state index contributed by atoms with van der Waals surface area (Å²) >= 11 is 0. The Hall–Kier alpha value is -2.11. The summed E-state index contributed by atoms with van der Waals surface area (Å²) in [6, 6.07) is 2.97. The van der Waals surface area contributed by atoms with E-state index in [0.29, 0.717) is 18.7 Å². The molecule has 1 N–H and O–H groups in total. The number of hydrogen-bond acceptors (Lipinski definition) is 4. The van der Waals surface area contributed by atoms with Crippen LogP contribution in [0.3, 0.4) is 0 Å². The smallest absolute Gasteiger partial charge is 0.326 e. The molecule has 0 unspecified atom stereocenters. The fraction of sp³-hybridized carbons (Fsp3) is 0.533. The van der Waals surface area contributed by atoms with E-state index < -0.39 is 12.0 Å². The number of carboxylic acid groups (broad SMARTS) is 1. The van der Waals surface area contributed by atoms with Gasteiger partial charge in [0, 0.05) is 31.5 Å². The van der Waals surface area contributed by atoms with Gasteiger partial charge in [-0.15, -0.1) is 0 Å². The van der Waals surface area contributed by atoms with E-state index in [1.165, 1.54) is 17.7 Å². The molecule has 2 aliphatic rings. The Labute approximate surface area is 123 Å². The van der Waals surface area contributed by atoms with Gasteiger partial charge in [0.1, 0.15) is 11.7 Å². The third-order valence-electron chi connectivity index (χ3n) is 4.23. The Morgan fingerprint density at radius 3 is 2.67 bits per heavy atom. The molecule has 0 aliphatic carbocycles. The molecule has 0 aromatic carbocycles. The van der Waals surface area contributed by atoms with Crippen molar-refractivity contribution in [1.29, 1.82) is 0 Å². The molecule has 112 valence electrons. The fourth-order valence-electron chi connectivity index (χ4n) is 3.12. The summed E-state index contributed by atoms with van der Waals surface area (Å²) in [7, 11) is 0. The Bertz CT molecular complexity index is 555. The highest BCUT2D eigenvalue weighted by atomic mass is 16.4. The maximum absolute atomic E-state index is 12.5. The minimum Gasteiger partial charge on any atom is -0.480 e. The van der Waals surface area contributed by atoms with Gasteiger partial charge in [-0.3, -0.25) is 9.78 Å². The Morgan fingerprint density at radius 2 is 1.95 bits per heavy atom. The number of carboxylic acids is 1. The van der Waals surface area contributed by atoms with Gasteiger partial charge in [0.25, 0.3) is 5.91 Å². The second-order valence-electron chi connectivity index (χ2n) is 5.59. The van der Waals surface area contributed by atoms with Gasteiger partial charge in [0.2, 0.25) is 0 Å². The average molecular weight is 289 g/mol. The normalized spacial score (nSPS) is 21.8. The van der Waals surface area contributed by atoms with Crippen molar-refractivity contribution in [3.05, 3.63) is 24.0 Å². The van der Waals surface area contributed by atoms with Crippen LogP contribution in [-0.4, -0.2) is 52.5 Å². The van der Waals surface area contributed by atoms with Crippen molar-refractivity contribution in [2.45, 2.75) is 31.7 Å². The minimum atomic E-state index is -0.934. The molecule has 0 saturated carbocycles. The molecule has 6 heteroatoms. The Morgan fingerprint density at radius 1 is 1.19 bits per heavy atom. The molecule has 0 radical (unpaired) electrons. The number of anilines is 1. The van der Waals surface area contributed by atoms with Gasteiger partial charge in [-0.1, -0.05) is 0 Å². The van der Waals surface area contributed by atoms with Crippen LogP contribution < -0.4 is 4.90 Å². The van der Waals surface area contributed by atoms with Crippen LogP contribution in [0.25, 0.3) is 0 Å². The molecule has 3 rings (SSSR count). The molecule has 2 aliphatic heterocycles. The van der Waals surface area contributed by atoms with E-state index in [1.54, 1.807) is 12.3 Å². The third-order valence-corrected chi connectivity index (χ3v) is 4.23. The molecule has 21 heavy (non-hydrogen) atoms. The van der Waals surface area contributed by atoms with Gasteiger partial charge >= 0.3 is 5.97 Å². The minimum absolute atomic E-state index is 0.277. The molecule has 0 spiro atoms. The van der Waals surface area contributed by atoms with Gasteiger partial charge < -0.3 is 14.9 Å². The van der Waals surface area contributed by atoms with Crippen LogP contribution in [0.4, 0.5) is 5.69 Å². The van der Waals surface area contributed by atoms with Crippen molar-refractivity contribution in [3.8, 4) is 0 Å². The zero-order valence-corrected chi connectivity index (χ0v) is 11.9. The number of likely N-dealkylation sites (tertiary alicyclic amines) is 1. The molecule has 6 nitrogen and oxygen atoms in total. The number of carbonyl (C=O) groups is 2. The summed E-state index contributed by atoms with van der Waals surface area (Å²) in [5.74, 6) is -1.21. The van der Waals surface area contributed by atoms with E-state index in [2.05, 4.69) is 9.88 Å². The van der Waals surface area contributed by atoms with E-state index in [0.717, 1.165) is 25.2 Å². The lowest BCUT2D eigenvalue weighted by Gasteiger charge is -2.22. The van der Waals surface area contributed by atoms with Gasteiger partial charge in [-0.2, -0.15) is 0 Å². The topological polar surface area (TPSA) is 73.7 Å². The fourth-order valence-corrected chi connectivity index (χ4v) is 3.12. The monoisotopic (exact) mass is 289 g/mol. The molecular weight excluding hydrogens is 270 g/mol. The van der Waals surface area contributed by atoms with Crippen LogP contribution in [-0.2, 0) is 4.79 Å². The first-order valence-electron chi connectivity index (χ1n) is 7.41. The van der Waals surface area contributed by atoms with Crippen molar-refractivity contribution in [2.24, 2.45) is 0 Å². The number of nitrogens with zero attached hydrogens (tertiary/aromatic N) is 3. The standard InChI is InChI=1S/C15H19N3O3/c19-14(18-9-3-4-13(18)15(20)21)12-10-11(5-6-16-12)17-7-1-2-8-17/h5-6,10,13H,1-4,7-9H2,(H,20,21)/t13-/m1/s1. The van der Waals surface area contributed by atoms with Crippen molar-refractivity contribution in [1.82, 2.24) is 9.88 Å².